The van der Waals surface area contributed by atoms with Crippen LogP contribution in [0.15, 0.2) is 42.0 Å². The third-order valence-corrected chi connectivity index (χ3v) is 3.79. The second-order valence-corrected chi connectivity index (χ2v) is 6.09. The largest absolute Gasteiger partial charge is 0.416 e. The average molecular weight is 412 g/mol. The Labute approximate surface area is 156 Å². The van der Waals surface area contributed by atoms with Crippen molar-refractivity contribution in [2.75, 3.05) is 12.4 Å². The molecule has 0 bridgehead atoms. The Kier molecular flexibility index (Phi) is 6.85. The van der Waals surface area contributed by atoms with Crippen LogP contribution >= 0.6 is 0 Å². The smallest absolute Gasteiger partial charge is 0.383 e. The first-order chi connectivity index (χ1) is 12.6. The van der Waals surface area contributed by atoms with Crippen molar-refractivity contribution in [2.24, 2.45) is 11.5 Å². The summed E-state index contributed by atoms with van der Waals surface area (Å²) in [6.45, 7) is 1.47. The van der Waals surface area contributed by atoms with E-state index in [9.17, 15) is 36.5 Å². The SMILES string of the molecule is CC1(N)C=C(C(F)(F)F)C=CC1N.CNc1cc(C(F)(F)F)ccc1[N+](=O)[O-]. The van der Waals surface area contributed by atoms with Crippen LogP contribution in [0.25, 0.3) is 0 Å². The summed E-state index contributed by atoms with van der Waals surface area (Å²) in [5.74, 6) is 0. The molecule has 28 heavy (non-hydrogen) atoms. The van der Waals surface area contributed by atoms with E-state index in [2.05, 4.69) is 5.32 Å². The molecule has 6 nitrogen and oxygen atoms in total. The van der Waals surface area contributed by atoms with Gasteiger partial charge in [0.2, 0.25) is 0 Å². The maximum atomic E-state index is 12.2. The maximum absolute atomic E-state index is 12.2. The van der Waals surface area contributed by atoms with Crippen molar-refractivity contribution in [2.45, 2.75) is 30.9 Å². The molecular weight excluding hydrogens is 394 g/mol. The number of alkyl halides is 6. The minimum absolute atomic E-state index is 0.158. The fourth-order valence-electron chi connectivity index (χ4n) is 2.14. The Bertz CT molecular complexity index is 784. The molecule has 0 radical (unpaired) electrons. The molecule has 1 aromatic carbocycles. The molecule has 0 amide bonds. The van der Waals surface area contributed by atoms with E-state index in [4.69, 9.17) is 11.5 Å². The van der Waals surface area contributed by atoms with Gasteiger partial charge in [-0.05, 0) is 19.1 Å². The predicted molar refractivity (Wildman–Crippen MR) is 91.5 cm³/mol. The van der Waals surface area contributed by atoms with Crippen LogP contribution < -0.4 is 16.8 Å². The Hall–Kier alpha value is -2.60. The summed E-state index contributed by atoms with van der Waals surface area (Å²) in [6.07, 6.45) is -5.67. The highest BCUT2D eigenvalue weighted by molar-refractivity contribution is 5.62. The zero-order chi connectivity index (χ0) is 21.9. The van der Waals surface area contributed by atoms with E-state index in [-0.39, 0.29) is 11.4 Å². The average Bonchev–Trinajstić information content (AvgIpc) is 2.55. The van der Waals surface area contributed by atoms with Crippen LogP contribution in [-0.4, -0.2) is 29.7 Å². The van der Waals surface area contributed by atoms with E-state index < -0.39 is 40.0 Å². The van der Waals surface area contributed by atoms with Gasteiger partial charge in [-0.2, -0.15) is 26.3 Å². The van der Waals surface area contributed by atoms with Gasteiger partial charge in [0, 0.05) is 19.2 Å². The zero-order valence-corrected chi connectivity index (χ0v) is 14.7. The summed E-state index contributed by atoms with van der Waals surface area (Å²) < 4.78 is 73.3. The number of anilines is 1. The number of nitrogens with two attached hydrogens (primary N) is 2. The van der Waals surface area contributed by atoms with Crippen LogP contribution in [0, 0.1) is 10.1 Å². The minimum Gasteiger partial charge on any atom is -0.383 e. The fraction of sp³-hybridized carbons (Fsp3) is 0.375. The lowest BCUT2D eigenvalue weighted by molar-refractivity contribution is -0.384. The lowest BCUT2D eigenvalue weighted by Gasteiger charge is -2.30. The molecule has 1 aliphatic carbocycles. The summed E-state index contributed by atoms with van der Waals surface area (Å²) in [7, 11) is 1.32. The van der Waals surface area contributed by atoms with Crippen LogP contribution in [0.3, 0.4) is 0 Å². The van der Waals surface area contributed by atoms with Gasteiger partial charge >= 0.3 is 12.4 Å². The number of rotatable bonds is 2. The van der Waals surface area contributed by atoms with Gasteiger partial charge in [0.15, 0.2) is 0 Å². The van der Waals surface area contributed by atoms with Gasteiger partial charge < -0.3 is 16.8 Å². The molecular formula is C16H18F6N4O2. The lowest BCUT2D eigenvalue weighted by Crippen LogP contribution is -2.52. The molecule has 0 saturated heterocycles. The molecule has 2 rings (SSSR count). The van der Waals surface area contributed by atoms with Crippen molar-refractivity contribution in [3.05, 3.63) is 57.7 Å². The van der Waals surface area contributed by atoms with E-state index >= 15 is 0 Å². The molecule has 12 heteroatoms. The number of nitro groups is 1. The molecule has 0 fully saturated rings. The molecule has 0 aliphatic heterocycles. The third-order valence-electron chi connectivity index (χ3n) is 3.79. The zero-order valence-electron chi connectivity index (χ0n) is 14.7. The van der Waals surface area contributed by atoms with Crippen molar-refractivity contribution in [1.82, 2.24) is 0 Å². The van der Waals surface area contributed by atoms with Crippen molar-refractivity contribution in [3.8, 4) is 0 Å². The monoisotopic (exact) mass is 412 g/mol. The Morgan fingerprint density at radius 1 is 1.18 bits per heavy atom. The van der Waals surface area contributed by atoms with Gasteiger partial charge in [0.05, 0.1) is 21.6 Å². The van der Waals surface area contributed by atoms with Gasteiger partial charge in [-0.15, -0.1) is 0 Å². The quantitative estimate of drug-likeness (QED) is 0.390. The topological polar surface area (TPSA) is 107 Å². The second-order valence-electron chi connectivity index (χ2n) is 6.09. The molecule has 2 atom stereocenters. The highest BCUT2D eigenvalue weighted by atomic mass is 19.4. The second kappa shape index (κ2) is 8.19. The molecule has 1 aliphatic rings. The van der Waals surface area contributed by atoms with E-state index in [0.717, 1.165) is 18.2 Å². The number of nitrogens with one attached hydrogen (secondary N) is 1. The van der Waals surface area contributed by atoms with Crippen LogP contribution in [0.4, 0.5) is 37.7 Å². The number of hydrogen-bond donors (Lipinski definition) is 3. The molecule has 1 aromatic rings. The number of hydrogen-bond acceptors (Lipinski definition) is 5. The highest BCUT2D eigenvalue weighted by Gasteiger charge is 2.37. The van der Waals surface area contributed by atoms with Crippen LogP contribution in [0.2, 0.25) is 0 Å². The molecule has 0 saturated carbocycles. The van der Waals surface area contributed by atoms with E-state index in [1.807, 2.05) is 0 Å². The normalized spacial score (nSPS) is 22.1. The van der Waals surface area contributed by atoms with Crippen molar-refractivity contribution >= 4 is 11.4 Å². The van der Waals surface area contributed by atoms with Crippen molar-refractivity contribution in [3.63, 3.8) is 0 Å². The molecule has 0 spiro atoms. The Balaban J connectivity index is 0.000000283. The summed E-state index contributed by atoms with van der Waals surface area (Å²) in [5.41, 5.74) is 7.73. The standard InChI is InChI=1S/C8H7F3N2O2.C8H11F3N2/c1-12-6-4-5(8(9,10)11)2-3-7(6)13(14)15;1-7(13)4-5(8(9,10)11)2-3-6(7)12/h2-4,12H,1H3;2-4,6H,12-13H2,1H3. The third kappa shape index (κ3) is 5.96. The van der Waals surface area contributed by atoms with E-state index in [1.165, 1.54) is 20.0 Å². The first-order valence-corrected chi connectivity index (χ1v) is 7.65. The van der Waals surface area contributed by atoms with Gasteiger partial charge in [0.25, 0.3) is 5.69 Å². The van der Waals surface area contributed by atoms with Gasteiger partial charge in [-0.3, -0.25) is 10.1 Å². The molecule has 0 aromatic heterocycles. The minimum atomic E-state index is -4.50. The number of nitrogens with zero attached hydrogens (tertiary/aromatic N) is 1. The van der Waals surface area contributed by atoms with Crippen LogP contribution in [0.1, 0.15) is 12.5 Å². The number of halogens is 6. The highest BCUT2D eigenvalue weighted by Crippen LogP contribution is 2.34. The Morgan fingerprint density at radius 2 is 1.75 bits per heavy atom. The number of benzene rings is 1. The first-order valence-electron chi connectivity index (χ1n) is 7.65. The van der Waals surface area contributed by atoms with E-state index in [1.54, 1.807) is 0 Å². The van der Waals surface area contributed by atoms with Gasteiger partial charge in [-0.1, -0.05) is 18.2 Å². The van der Waals surface area contributed by atoms with Crippen molar-refractivity contribution in [1.29, 1.82) is 0 Å². The van der Waals surface area contributed by atoms with Crippen LogP contribution in [0.5, 0.6) is 0 Å². The summed E-state index contributed by atoms with van der Waals surface area (Å²) >= 11 is 0. The van der Waals surface area contributed by atoms with Gasteiger partial charge in [-0.25, -0.2) is 0 Å². The van der Waals surface area contributed by atoms with Crippen LogP contribution in [-0.2, 0) is 6.18 Å². The molecule has 5 N–H and O–H groups in total. The summed E-state index contributed by atoms with van der Waals surface area (Å²) in [5, 5.41) is 12.8. The predicted octanol–water partition coefficient (Wildman–Crippen LogP) is 3.74. The lowest BCUT2D eigenvalue weighted by atomic mass is 9.87. The number of nitro benzene ring substituents is 1. The molecule has 0 heterocycles. The maximum Gasteiger partial charge on any atom is 0.416 e. The summed E-state index contributed by atoms with van der Waals surface area (Å²) in [4.78, 5) is 9.68. The Morgan fingerprint density at radius 3 is 2.14 bits per heavy atom. The molecule has 2 unspecified atom stereocenters. The van der Waals surface area contributed by atoms with Crippen molar-refractivity contribution < 1.29 is 31.3 Å². The number of allylic oxidation sites excluding steroid dienone is 2. The first kappa shape index (κ1) is 23.4. The fourth-order valence-corrected chi connectivity index (χ4v) is 2.14. The van der Waals surface area contributed by atoms with E-state index in [0.29, 0.717) is 12.1 Å². The summed E-state index contributed by atoms with van der Waals surface area (Å²) in [6, 6.07) is 1.64. The van der Waals surface area contributed by atoms with Gasteiger partial charge in [0.1, 0.15) is 5.69 Å². The molecule has 156 valence electrons.